The summed E-state index contributed by atoms with van der Waals surface area (Å²) in [6.45, 7) is 3.56. The maximum Gasteiger partial charge on any atom is 0.316 e. The molecule has 0 aliphatic carbocycles. The van der Waals surface area contributed by atoms with Crippen molar-refractivity contribution in [1.82, 2.24) is 14.9 Å². The summed E-state index contributed by atoms with van der Waals surface area (Å²) in [5, 5.41) is 0. The molecule has 1 aliphatic heterocycles. The number of likely N-dealkylation sites (tertiary alicyclic amines) is 1. The van der Waals surface area contributed by atoms with E-state index in [0.29, 0.717) is 19.1 Å². The van der Waals surface area contributed by atoms with Crippen LogP contribution in [0.2, 0.25) is 0 Å². The van der Waals surface area contributed by atoms with Crippen LogP contribution in [0.3, 0.4) is 0 Å². The molecule has 0 unspecified atom stereocenters. The van der Waals surface area contributed by atoms with Gasteiger partial charge in [-0.3, -0.25) is 4.90 Å². The average molecular weight is 225 g/mol. The monoisotopic (exact) mass is 225 g/mol. The van der Waals surface area contributed by atoms with Crippen LogP contribution in [0.1, 0.15) is 12.5 Å². The lowest BCUT2D eigenvalue weighted by Gasteiger charge is -2.42. The van der Waals surface area contributed by atoms with Gasteiger partial charge in [0.25, 0.3) is 0 Å². The van der Waals surface area contributed by atoms with Crippen LogP contribution in [0.25, 0.3) is 0 Å². The van der Waals surface area contributed by atoms with Gasteiger partial charge in [-0.25, -0.2) is 14.4 Å². The van der Waals surface area contributed by atoms with Crippen molar-refractivity contribution in [2.45, 2.75) is 19.0 Å². The topological polar surface area (TPSA) is 38.2 Å². The molecule has 0 spiro atoms. The second-order valence-corrected chi connectivity index (χ2v) is 4.45. The molecular formula is C11H16FN3O. The molecule has 1 aromatic heterocycles. The standard InChI is InChI=1S/C11H16FN3O/c1-11(12)7-15(8-11)4-3-9-5-13-10(16-2)14-6-9/h5-6H,3-4,7-8H2,1-2H3. The van der Waals surface area contributed by atoms with Crippen molar-refractivity contribution in [2.75, 3.05) is 26.7 Å². The minimum atomic E-state index is -0.990. The van der Waals surface area contributed by atoms with E-state index in [1.807, 2.05) is 0 Å². The first kappa shape index (κ1) is 11.3. The molecule has 16 heavy (non-hydrogen) atoms. The number of nitrogens with zero attached hydrogens (tertiary/aromatic N) is 3. The van der Waals surface area contributed by atoms with Gasteiger partial charge in [-0.15, -0.1) is 0 Å². The van der Waals surface area contributed by atoms with Gasteiger partial charge < -0.3 is 4.74 Å². The summed E-state index contributed by atoms with van der Waals surface area (Å²) in [5.41, 5.74) is 0.0596. The van der Waals surface area contributed by atoms with Crippen LogP contribution in [-0.2, 0) is 6.42 Å². The Morgan fingerprint density at radius 3 is 2.56 bits per heavy atom. The summed E-state index contributed by atoms with van der Waals surface area (Å²) in [6.07, 6.45) is 4.35. The fraction of sp³-hybridized carbons (Fsp3) is 0.636. The molecule has 5 heteroatoms. The molecule has 1 aliphatic rings. The number of halogens is 1. The highest BCUT2D eigenvalue weighted by Gasteiger charge is 2.37. The largest absolute Gasteiger partial charge is 0.467 e. The van der Waals surface area contributed by atoms with Crippen molar-refractivity contribution < 1.29 is 9.13 Å². The quantitative estimate of drug-likeness (QED) is 0.768. The summed E-state index contributed by atoms with van der Waals surface area (Å²) in [4.78, 5) is 10.1. The van der Waals surface area contributed by atoms with Crippen molar-refractivity contribution in [3.63, 3.8) is 0 Å². The van der Waals surface area contributed by atoms with E-state index in [2.05, 4.69) is 14.9 Å². The predicted octanol–water partition coefficient (Wildman–Crippen LogP) is 1.07. The Bertz CT molecular complexity index is 345. The maximum absolute atomic E-state index is 13.2. The van der Waals surface area contributed by atoms with E-state index in [9.17, 15) is 4.39 Å². The zero-order chi connectivity index (χ0) is 11.6. The zero-order valence-corrected chi connectivity index (χ0v) is 9.61. The SMILES string of the molecule is COc1ncc(CCN2CC(C)(F)C2)cn1. The minimum absolute atomic E-state index is 0.379. The van der Waals surface area contributed by atoms with Crippen molar-refractivity contribution in [1.29, 1.82) is 0 Å². The van der Waals surface area contributed by atoms with Crippen LogP contribution in [-0.4, -0.2) is 47.3 Å². The Labute approximate surface area is 94.5 Å². The molecule has 0 radical (unpaired) electrons. The van der Waals surface area contributed by atoms with Gasteiger partial charge in [0.1, 0.15) is 5.67 Å². The molecule has 0 amide bonds. The van der Waals surface area contributed by atoms with Crippen molar-refractivity contribution in [2.24, 2.45) is 0 Å². The number of aromatic nitrogens is 2. The van der Waals surface area contributed by atoms with Crippen LogP contribution < -0.4 is 4.74 Å². The highest BCUT2D eigenvalue weighted by Crippen LogP contribution is 2.24. The number of ether oxygens (including phenoxy) is 1. The van der Waals surface area contributed by atoms with E-state index in [1.54, 1.807) is 19.3 Å². The Balaban J connectivity index is 1.77. The van der Waals surface area contributed by atoms with Crippen molar-refractivity contribution >= 4 is 0 Å². The van der Waals surface area contributed by atoms with E-state index in [1.165, 1.54) is 7.11 Å². The molecule has 0 bridgehead atoms. The van der Waals surface area contributed by atoms with Gasteiger partial charge in [0.2, 0.25) is 0 Å². The number of rotatable bonds is 4. The summed E-state index contributed by atoms with van der Waals surface area (Å²) >= 11 is 0. The number of hydrogen-bond donors (Lipinski definition) is 0. The van der Waals surface area contributed by atoms with Crippen LogP contribution >= 0.6 is 0 Å². The maximum atomic E-state index is 13.2. The van der Waals surface area contributed by atoms with Gasteiger partial charge in [0.15, 0.2) is 0 Å². The van der Waals surface area contributed by atoms with Gasteiger partial charge in [-0.1, -0.05) is 0 Å². The average Bonchev–Trinajstić information content (AvgIpc) is 2.24. The molecule has 0 aromatic carbocycles. The fourth-order valence-corrected chi connectivity index (χ4v) is 1.91. The molecule has 88 valence electrons. The minimum Gasteiger partial charge on any atom is -0.467 e. The first-order valence-corrected chi connectivity index (χ1v) is 5.35. The Kier molecular flexibility index (Phi) is 3.05. The normalized spacial score (nSPS) is 19.2. The van der Waals surface area contributed by atoms with Gasteiger partial charge in [0, 0.05) is 32.0 Å². The first-order chi connectivity index (χ1) is 7.59. The molecule has 1 saturated heterocycles. The second kappa shape index (κ2) is 4.33. The molecule has 4 nitrogen and oxygen atoms in total. The molecule has 0 saturated carbocycles. The fourth-order valence-electron chi connectivity index (χ4n) is 1.91. The Hall–Kier alpha value is -1.23. The number of methoxy groups -OCH3 is 1. The Morgan fingerprint density at radius 1 is 1.44 bits per heavy atom. The molecule has 1 aromatic rings. The van der Waals surface area contributed by atoms with Crippen LogP contribution in [0.5, 0.6) is 6.01 Å². The number of alkyl halides is 1. The van der Waals surface area contributed by atoms with Crippen LogP contribution in [0, 0.1) is 0 Å². The molecular weight excluding hydrogens is 209 g/mol. The number of hydrogen-bond acceptors (Lipinski definition) is 4. The van der Waals surface area contributed by atoms with E-state index < -0.39 is 5.67 Å². The summed E-state index contributed by atoms with van der Waals surface area (Å²) in [6, 6.07) is 0.379. The molecule has 2 heterocycles. The van der Waals surface area contributed by atoms with E-state index >= 15 is 0 Å². The molecule has 1 fully saturated rings. The van der Waals surface area contributed by atoms with Crippen molar-refractivity contribution in [3.05, 3.63) is 18.0 Å². The van der Waals surface area contributed by atoms with E-state index in [4.69, 9.17) is 4.74 Å². The summed E-state index contributed by atoms with van der Waals surface area (Å²) in [5.74, 6) is 0. The first-order valence-electron chi connectivity index (χ1n) is 5.35. The lowest BCUT2D eigenvalue weighted by molar-refractivity contribution is -0.0162. The van der Waals surface area contributed by atoms with E-state index in [-0.39, 0.29) is 0 Å². The molecule has 0 atom stereocenters. The summed E-state index contributed by atoms with van der Waals surface area (Å²) < 4.78 is 18.1. The smallest absolute Gasteiger partial charge is 0.316 e. The zero-order valence-electron chi connectivity index (χ0n) is 9.61. The highest BCUT2D eigenvalue weighted by molar-refractivity contribution is 5.08. The van der Waals surface area contributed by atoms with Gasteiger partial charge >= 0.3 is 6.01 Å². The third-order valence-corrected chi connectivity index (χ3v) is 2.69. The van der Waals surface area contributed by atoms with Gasteiger partial charge in [-0.05, 0) is 18.9 Å². The van der Waals surface area contributed by atoms with Gasteiger partial charge in [0.05, 0.1) is 7.11 Å². The van der Waals surface area contributed by atoms with Gasteiger partial charge in [-0.2, -0.15) is 0 Å². The summed E-state index contributed by atoms with van der Waals surface area (Å²) in [7, 11) is 1.54. The highest BCUT2D eigenvalue weighted by atomic mass is 19.1. The predicted molar refractivity (Wildman–Crippen MR) is 58.2 cm³/mol. The molecule has 2 rings (SSSR count). The van der Waals surface area contributed by atoms with Crippen LogP contribution in [0.15, 0.2) is 12.4 Å². The molecule has 0 N–H and O–H groups in total. The van der Waals surface area contributed by atoms with Crippen molar-refractivity contribution in [3.8, 4) is 6.01 Å². The lowest BCUT2D eigenvalue weighted by atomic mass is 9.98. The lowest BCUT2D eigenvalue weighted by Crippen LogP contribution is -2.57. The van der Waals surface area contributed by atoms with E-state index in [0.717, 1.165) is 18.5 Å². The van der Waals surface area contributed by atoms with Crippen LogP contribution in [0.4, 0.5) is 4.39 Å². The third kappa shape index (κ3) is 2.66. The third-order valence-electron chi connectivity index (χ3n) is 2.69. The second-order valence-electron chi connectivity index (χ2n) is 4.45. The Morgan fingerprint density at radius 2 is 2.06 bits per heavy atom.